The highest BCUT2D eigenvalue weighted by Crippen LogP contribution is 2.14. The van der Waals surface area contributed by atoms with Crippen molar-refractivity contribution in [2.75, 3.05) is 0 Å². The molecule has 60 valence electrons. The Kier molecular flexibility index (Phi) is 3.44. The summed E-state index contributed by atoms with van der Waals surface area (Å²) >= 11 is 0. The van der Waals surface area contributed by atoms with Crippen LogP contribution < -0.4 is 0 Å². The molecule has 0 fully saturated rings. The molecule has 8 heteroatoms. The molecule has 0 aromatic heterocycles. The maximum atomic E-state index is 9.65. The maximum absolute atomic E-state index is 9.65. The summed E-state index contributed by atoms with van der Waals surface area (Å²) in [6.45, 7) is 0. The molecule has 0 aliphatic heterocycles. The smallest absolute Gasteiger partial charge is 0.135 e. The summed E-state index contributed by atoms with van der Waals surface area (Å²) in [7, 11) is 10.6. The molecule has 0 saturated heterocycles. The van der Waals surface area contributed by atoms with Gasteiger partial charge in [-0.15, -0.1) is 10.9 Å². The lowest BCUT2D eigenvalue weighted by molar-refractivity contribution is 0.239. The summed E-state index contributed by atoms with van der Waals surface area (Å²) in [5, 5.41) is 17.6. The Morgan fingerprint density at radius 1 is 0.750 bits per heavy atom. The first-order valence-electron chi connectivity index (χ1n) is 4.20. The zero-order valence-corrected chi connectivity index (χ0v) is 8.89. The van der Waals surface area contributed by atoms with Gasteiger partial charge in [-0.25, -0.2) is 0 Å². The minimum Gasteiger partial charge on any atom is -0.404 e. The summed E-state index contributed by atoms with van der Waals surface area (Å²) in [6, 6.07) is 0. The molecular formula is C4H14B6O2. The van der Waals surface area contributed by atoms with E-state index in [0.717, 1.165) is 10.9 Å². The topological polar surface area (TPSA) is 40.5 Å². The van der Waals surface area contributed by atoms with Gasteiger partial charge in [0.15, 0.2) is 0 Å². The van der Waals surface area contributed by atoms with Crippen LogP contribution in [0.3, 0.4) is 0 Å². The standard InChI is InChI=1S/C4H14B6O2/c5-1(3(7,8)11)2(6)4(9,10)12/h11-12H,5-10H2/b2-1+. The van der Waals surface area contributed by atoms with Gasteiger partial charge in [-0.3, -0.25) is 0 Å². The number of aliphatic hydroxyl groups is 2. The second-order valence-corrected chi connectivity index (χ2v) is 4.37. The highest BCUT2D eigenvalue weighted by molar-refractivity contribution is 6.53. The summed E-state index contributed by atoms with van der Waals surface area (Å²) in [5.74, 6) is 0. The van der Waals surface area contributed by atoms with Crippen molar-refractivity contribution in [1.82, 2.24) is 0 Å². The van der Waals surface area contributed by atoms with E-state index in [4.69, 9.17) is 0 Å². The van der Waals surface area contributed by atoms with Gasteiger partial charge in [-0.2, -0.15) is 0 Å². The van der Waals surface area contributed by atoms with Crippen LogP contribution in [-0.4, -0.2) is 68.1 Å². The van der Waals surface area contributed by atoms with Gasteiger partial charge in [0.05, 0.1) is 0 Å². The summed E-state index contributed by atoms with van der Waals surface area (Å²) in [4.78, 5) is 0. The fourth-order valence-corrected chi connectivity index (χ4v) is 0.918. The first-order valence-corrected chi connectivity index (χ1v) is 4.20. The van der Waals surface area contributed by atoms with Gasteiger partial charge in [-0.1, -0.05) is 0 Å². The van der Waals surface area contributed by atoms with Crippen LogP contribution in [0.1, 0.15) is 0 Å². The van der Waals surface area contributed by atoms with Crippen molar-refractivity contribution < 1.29 is 10.2 Å². The van der Waals surface area contributed by atoms with Gasteiger partial charge in [-0.05, 0) is 0 Å². The SMILES string of the molecule is B/C(=C(/B)C(B)(B)O)C(B)(B)O. The Bertz CT molecular complexity index is 177. The van der Waals surface area contributed by atoms with Gasteiger partial charge in [0.1, 0.15) is 47.1 Å². The quantitative estimate of drug-likeness (QED) is 0.393. The summed E-state index contributed by atoms with van der Waals surface area (Å²) in [5.41, 5.74) is 1.66. The fourth-order valence-electron chi connectivity index (χ4n) is 0.918. The number of rotatable bonds is 2. The molecule has 0 heterocycles. The molecule has 0 aromatic rings. The van der Waals surface area contributed by atoms with Crippen LogP contribution >= 0.6 is 0 Å². The van der Waals surface area contributed by atoms with Crippen molar-refractivity contribution in [3.63, 3.8) is 0 Å². The molecule has 0 bridgehead atoms. The lowest BCUT2D eigenvalue weighted by Crippen LogP contribution is -2.40. The average Bonchev–Trinajstić information content (AvgIpc) is 1.80. The number of hydrogen-bond donors (Lipinski definition) is 2. The van der Waals surface area contributed by atoms with E-state index in [1.165, 1.54) is 0 Å². The first-order chi connectivity index (χ1) is 5.07. The van der Waals surface area contributed by atoms with E-state index in [0.29, 0.717) is 0 Å². The normalized spacial score (nSPS) is 15.5. The fraction of sp³-hybridized carbons (Fsp3) is 0.500. The highest BCUT2D eigenvalue weighted by Gasteiger charge is 2.23. The summed E-state index contributed by atoms with van der Waals surface area (Å²) in [6.07, 6.45) is 0. The Hall–Kier alpha value is 0.0496. The van der Waals surface area contributed by atoms with E-state index >= 15 is 0 Å². The van der Waals surface area contributed by atoms with Crippen LogP contribution in [0.25, 0.3) is 0 Å². The zero-order chi connectivity index (χ0) is 10.2. The predicted octanol–water partition coefficient (Wildman–Crippen LogP) is -6.71. The zero-order valence-electron chi connectivity index (χ0n) is 8.89. The van der Waals surface area contributed by atoms with E-state index < -0.39 is 10.8 Å². The lowest BCUT2D eigenvalue weighted by Gasteiger charge is -2.29. The molecule has 2 nitrogen and oxygen atoms in total. The third-order valence-electron chi connectivity index (χ3n) is 2.40. The van der Waals surface area contributed by atoms with Crippen molar-refractivity contribution in [3.05, 3.63) is 10.9 Å². The van der Waals surface area contributed by atoms with Gasteiger partial charge in [0, 0.05) is 10.8 Å². The van der Waals surface area contributed by atoms with Gasteiger partial charge >= 0.3 is 0 Å². The van der Waals surface area contributed by atoms with E-state index in [2.05, 4.69) is 0 Å². The third-order valence-corrected chi connectivity index (χ3v) is 2.40. The Morgan fingerprint density at radius 3 is 1.00 bits per heavy atom. The van der Waals surface area contributed by atoms with Gasteiger partial charge in [0.2, 0.25) is 0 Å². The van der Waals surface area contributed by atoms with E-state index in [9.17, 15) is 10.2 Å². The molecular weight excluding hydrogens is 145 g/mol. The van der Waals surface area contributed by atoms with Crippen molar-refractivity contribution >= 4 is 47.1 Å². The van der Waals surface area contributed by atoms with Crippen LogP contribution in [0.5, 0.6) is 0 Å². The molecule has 12 heavy (non-hydrogen) atoms. The van der Waals surface area contributed by atoms with E-state index in [-0.39, 0.29) is 0 Å². The first kappa shape index (κ1) is 12.0. The lowest BCUT2D eigenvalue weighted by atomic mass is 9.46. The van der Waals surface area contributed by atoms with Crippen molar-refractivity contribution in [3.8, 4) is 0 Å². The maximum Gasteiger partial charge on any atom is 0.135 e. The molecule has 0 atom stereocenters. The highest BCUT2D eigenvalue weighted by atomic mass is 16.3. The summed E-state index contributed by atoms with van der Waals surface area (Å²) < 4.78 is 0. The minimum absolute atomic E-state index is 0.829. The molecule has 0 amide bonds. The van der Waals surface area contributed by atoms with Crippen LogP contribution in [0, 0.1) is 0 Å². The molecule has 0 aliphatic rings. The Morgan fingerprint density at radius 2 is 0.917 bits per heavy atom. The van der Waals surface area contributed by atoms with Crippen LogP contribution in [0.15, 0.2) is 10.9 Å². The Labute approximate surface area is 79.6 Å². The molecule has 0 radical (unpaired) electrons. The van der Waals surface area contributed by atoms with Gasteiger partial charge < -0.3 is 10.2 Å². The molecule has 0 aromatic carbocycles. The van der Waals surface area contributed by atoms with E-state index in [1.54, 1.807) is 31.4 Å². The predicted molar refractivity (Wildman–Crippen MR) is 68.2 cm³/mol. The monoisotopic (exact) mass is 160 g/mol. The van der Waals surface area contributed by atoms with Crippen LogP contribution in [-0.2, 0) is 0 Å². The Balaban J connectivity index is 4.96. The van der Waals surface area contributed by atoms with Crippen LogP contribution in [0.4, 0.5) is 0 Å². The molecule has 0 rings (SSSR count). The third kappa shape index (κ3) is 3.20. The minimum atomic E-state index is -0.843. The van der Waals surface area contributed by atoms with Crippen molar-refractivity contribution in [2.45, 2.75) is 10.8 Å². The van der Waals surface area contributed by atoms with Crippen molar-refractivity contribution in [2.24, 2.45) is 0 Å². The second-order valence-electron chi connectivity index (χ2n) is 4.37. The largest absolute Gasteiger partial charge is 0.404 e. The molecule has 0 unspecified atom stereocenters. The van der Waals surface area contributed by atoms with E-state index in [1.807, 2.05) is 15.7 Å². The van der Waals surface area contributed by atoms with Crippen molar-refractivity contribution in [1.29, 1.82) is 0 Å². The molecule has 0 aliphatic carbocycles. The number of hydrogen-bond acceptors (Lipinski definition) is 2. The average molecular weight is 159 g/mol. The molecule has 2 N–H and O–H groups in total. The molecule has 0 spiro atoms. The van der Waals surface area contributed by atoms with Crippen LogP contribution in [0.2, 0.25) is 0 Å². The van der Waals surface area contributed by atoms with Gasteiger partial charge in [0.25, 0.3) is 0 Å². The molecule has 0 saturated carbocycles. The second kappa shape index (κ2) is 3.43.